The maximum Gasteiger partial charge on any atom is 0.130 e. The van der Waals surface area contributed by atoms with Gasteiger partial charge in [-0.05, 0) is 38.8 Å². The second-order valence-corrected chi connectivity index (χ2v) is 6.69. The third kappa shape index (κ3) is 3.27. The van der Waals surface area contributed by atoms with Crippen LogP contribution < -0.4 is 5.32 Å². The van der Waals surface area contributed by atoms with E-state index in [1.54, 1.807) is 6.07 Å². The topological polar surface area (TPSA) is 15.3 Å². The van der Waals surface area contributed by atoms with Crippen molar-refractivity contribution >= 4 is 0 Å². The molecule has 0 bridgehead atoms. The van der Waals surface area contributed by atoms with Crippen LogP contribution in [-0.4, -0.2) is 29.6 Å². The molecule has 1 atom stereocenters. The third-order valence-corrected chi connectivity index (χ3v) is 5.14. The van der Waals surface area contributed by atoms with Crippen molar-refractivity contribution in [2.45, 2.75) is 57.2 Å². The maximum absolute atomic E-state index is 13.9. The fourth-order valence-electron chi connectivity index (χ4n) is 3.80. The SMILES string of the molecule is CC1CCNC2(CCCC2)CN1Cc1ccc(F)cc1F. The third-order valence-electron chi connectivity index (χ3n) is 5.14. The van der Waals surface area contributed by atoms with Crippen molar-refractivity contribution in [3.8, 4) is 0 Å². The van der Waals surface area contributed by atoms with E-state index in [0.29, 0.717) is 18.2 Å². The quantitative estimate of drug-likeness (QED) is 0.898. The molecule has 2 fully saturated rings. The van der Waals surface area contributed by atoms with Crippen LogP contribution in [-0.2, 0) is 6.54 Å². The molecule has 1 saturated carbocycles. The minimum Gasteiger partial charge on any atom is -0.310 e. The molecule has 1 N–H and O–H groups in total. The number of benzene rings is 1. The summed E-state index contributed by atoms with van der Waals surface area (Å²) in [4.78, 5) is 2.36. The van der Waals surface area contributed by atoms with Gasteiger partial charge in [0.15, 0.2) is 0 Å². The second kappa shape index (κ2) is 6.01. The largest absolute Gasteiger partial charge is 0.310 e. The zero-order valence-corrected chi connectivity index (χ0v) is 12.7. The number of halogens is 2. The van der Waals surface area contributed by atoms with Gasteiger partial charge in [0, 0.05) is 36.3 Å². The number of rotatable bonds is 2. The van der Waals surface area contributed by atoms with Crippen LogP contribution >= 0.6 is 0 Å². The van der Waals surface area contributed by atoms with E-state index in [4.69, 9.17) is 0 Å². The van der Waals surface area contributed by atoms with Gasteiger partial charge in [0.2, 0.25) is 0 Å². The summed E-state index contributed by atoms with van der Waals surface area (Å²) in [6.07, 6.45) is 6.05. The summed E-state index contributed by atoms with van der Waals surface area (Å²) in [6, 6.07) is 4.34. The van der Waals surface area contributed by atoms with Crippen LogP contribution in [0.4, 0.5) is 8.78 Å². The Morgan fingerprint density at radius 2 is 2.05 bits per heavy atom. The first-order valence-corrected chi connectivity index (χ1v) is 8.01. The predicted molar refractivity (Wildman–Crippen MR) is 80.0 cm³/mol. The van der Waals surface area contributed by atoms with Crippen LogP contribution in [0.2, 0.25) is 0 Å². The van der Waals surface area contributed by atoms with Crippen LogP contribution in [0, 0.1) is 11.6 Å². The molecule has 0 amide bonds. The van der Waals surface area contributed by atoms with Crippen LogP contribution in [0.15, 0.2) is 18.2 Å². The average molecular weight is 294 g/mol. The molecular weight excluding hydrogens is 270 g/mol. The summed E-state index contributed by atoms with van der Waals surface area (Å²) in [5, 5.41) is 3.73. The minimum absolute atomic E-state index is 0.210. The monoisotopic (exact) mass is 294 g/mol. The van der Waals surface area contributed by atoms with Crippen molar-refractivity contribution in [3.63, 3.8) is 0 Å². The number of nitrogens with one attached hydrogen (secondary N) is 1. The molecule has 1 aromatic rings. The molecule has 3 rings (SSSR count). The highest BCUT2D eigenvalue weighted by atomic mass is 19.1. The molecule has 0 aromatic heterocycles. The Kier molecular flexibility index (Phi) is 4.27. The van der Waals surface area contributed by atoms with Gasteiger partial charge in [0.1, 0.15) is 11.6 Å². The Morgan fingerprint density at radius 1 is 1.29 bits per heavy atom. The van der Waals surface area contributed by atoms with Gasteiger partial charge in [-0.15, -0.1) is 0 Å². The number of nitrogens with zero attached hydrogens (tertiary/aromatic N) is 1. The van der Waals surface area contributed by atoms with E-state index in [1.807, 2.05) is 0 Å². The zero-order chi connectivity index (χ0) is 14.9. The van der Waals surface area contributed by atoms with E-state index in [0.717, 1.165) is 25.6 Å². The van der Waals surface area contributed by atoms with Crippen molar-refractivity contribution in [1.82, 2.24) is 10.2 Å². The Morgan fingerprint density at radius 3 is 2.76 bits per heavy atom. The smallest absolute Gasteiger partial charge is 0.130 e. The second-order valence-electron chi connectivity index (χ2n) is 6.69. The summed E-state index contributed by atoms with van der Waals surface area (Å²) in [7, 11) is 0. The summed E-state index contributed by atoms with van der Waals surface area (Å²) < 4.78 is 27.0. The number of hydrogen-bond acceptors (Lipinski definition) is 2. The van der Waals surface area contributed by atoms with Gasteiger partial charge in [0.05, 0.1) is 0 Å². The van der Waals surface area contributed by atoms with Gasteiger partial charge in [-0.1, -0.05) is 18.9 Å². The van der Waals surface area contributed by atoms with Crippen LogP contribution in [0.1, 0.15) is 44.6 Å². The van der Waals surface area contributed by atoms with Gasteiger partial charge < -0.3 is 5.32 Å². The molecule has 0 radical (unpaired) electrons. The molecule has 2 nitrogen and oxygen atoms in total. The molecule has 1 heterocycles. The van der Waals surface area contributed by atoms with Gasteiger partial charge >= 0.3 is 0 Å². The molecule has 1 aliphatic heterocycles. The molecule has 21 heavy (non-hydrogen) atoms. The maximum atomic E-state index is 13.9. The molecule has 4 heteroatoms. The van der Waals surface area contributed by atoms with E-state index >= 15 is 0 Å². The van der Waals surface area contributed by atoms with Crippen molar-refractivity contribution < 1.29 is 8.78 Å². The predicted octanol–water partition coefficient (Wildman–Crippen LogP) is 3.46. The molecule has 2 aliphatic rings. The van der Waals surface area contributed by atoms with E-state index in [2.05, 4.69) is 17.1 Å². The van der Waals surface area contributed by atoms with Crippen molar-refractivity contribution in [1.29, 1.82) is 0 Å². The van der Waals surface area contributed by atoms with E-state index in [9.17, 15) is 8.78 Å². The van der Waals surface area contributed by atoms with Crippen molar-refractivity contribution in [3.05, 3.63) is 35.4 Å². The van der Waals surface area contributed by atoms with Gasteiger partial charge in [-0.3, -0.25) is 4.90 Å². The summed E-state index contributed by atoms with van der Waals surface area (Å²) >= 11 is 0. The van der Waals surface area contributed by atoms with Crippen molar-refractivity contribution in [2.24, 2.45) is 0 Å². The van der Waals surface area contributed by atoms with E-state index < -0.39 is 11.6 Å². The lowest BCUT2D eigenvalue weighted by atomic mass is 9.96. The van der Waals surface area contributed by atoms with Crippen LogP contribution in [0.25, 0.3) is 0 Å². The first-order valence-electron chi connectivity index (χ1n) is 8.01. The average Bonchev–Trinajstić information content (AvgIpc) is 2.83. The Bertz CT molecular complexity index is 498. The minimum atomic E-state index is -0.505. The summed E-state index contributed by atoms with van der Waals surface area (Å²) in [5.74, 6) is -0.936. The fourth-order valence-corrected chi connectivity index (χ4v) is 3.80. The lowest BCUT2D eigenvalue weighted by Crippen LogP contribution is -2.50. The lowest BCUT2D eigenvalue weighted by Gasteiger charge is -2.35. The Hall–Kier alpha value is -1.00. The summed E-state index contributed by atoms with van der Waals surface area (Å²) in [5.41, 5.74) is 0.805. The lowest BCUT2D eigenvalue weighted by molar-refractivity contribution is 0.158. The summed E-state index contributed by atoms with van der Waals surface area (Å²) in [6.45, 7) is 4.77. The molecular formula is C17H24F2N2. The number of hydrogen-bond donors (Lipinski definition) is 1. The fraction of sp³-hybridized carbons (Fsp3) is 0.647. The molecule has 1 saturated heterocycles. The van der Waals surface area contributed by atoms with Crippen LogP contribution in [0.5, 0.6) is 0 Å². The highest BCUT2D eigenvalue weighted by molar-refractivity contribution is 5.19. The standard InChI is InChI=1S/C17H24F2N2/c1-13-6-9-20-17(7-2-3-8-17)12-21(13)11-14-4-5-15(18)10-16(14)19/h4-5,10,13,20H,2-3,6-9,11-12H2,1H3. The molecule has 1 aromatic carbocycles. The molecule has 116 valence electrons. The normalized spacial score (nSPS) is 26.1. The highest BCUT2D eigenvalue weighted by Gasteiger charge is 2.38. The Labute approximate surface area is 125 Å². The van der Waals surface area contributed by atoms with Crippen molar-refractivity contribution in [2.75, 3.05) is 13.1 Å². The first kappa shape index (κ1) is 14.9. The Balaban J connectivity index is 1.77. The van der Waals surface area contributed by atoms with Gasteiger partial charge in [0.25, 0.3) is 0 Å². The van der Waals surface area contributed by atoms with Gasteiger partial charge in [-0.25, -0.2) is 8.78 Å². The molecule has 1 spiro atoms. The highest BCUT2D eigenvalue weighted by Crippen LogP contribution is 2.33. The van der Waals surface area contributed by atoms with Crippen LogP contribution in [0.3, 0.4) is 0 Å². The zero-order valence-electron chi connectivity index (χ0n) is 12.7. The van der Waals surface area contributed by atoms with E-state index in [1.165, 1.54) is 31.7 Å². The van der Waals surface area contributed by atoms with Gasteiger partial charge in [-0.2, -0.15) is 0 Å². The molecule has 1 aliphatic carbocycles. The molecule has 1 unspecified atom stereocenters. The van der Waals surface area contributed by atoms with E-state index in [-0.39, 0.29) is 5.54 Å². The first-order chi connectivity index (χ1) is 10.1.